The average Bonchev–Trinajstić information content (AvgIpc) is 3.13. The second kappa shape index (κ2) is 5.07. The van der Waals surface area contributed by atoms with Gasteiger partial charge in [-0.2, -0.15) is 0 Å². The van der Waals surface area contributed by atoms with Crippen molar-refractivity contribution in [1.29, 1.82) is 0 Å². The number of amides is 1. The molecule has 0 bridgehead atoms. The van der Waals surface area contributed by atoms with Crippen LogP contribution in [0.5, 0.6) is 0 Å². The van der Waals surface area contributed by atoms with Crippen molar-refractivity contribution in [2.45, 2.75) is 24.7 Å². The molecule has 1 aliphatic rings. The zero-order valence-corrected chi connectivity index (χ0v) is 11.0. The van der Waals surface area contributed by atoms with E-state index in [1.807, 2.05) is 0 Å². The van der Waals surface area contributed by atoms with Gasteiger partial charge in [0.2, 0.25) is 15.9 Å². The van der Waals surface area contributed by atoms with E-state index in [2.05, 4.69) is 10.0 Å². The monoisotopic (exact) mass is 268 g/mol. The fourth-order valence-electron chi connectivity index (χ4n) is 1.58. The van der Waals surface area contributed by atoms with Crippen LogP contribution in [0.15, 0.2) is 29.2 Å². The second-order valence-electron chi connectivity index (χ2n) is 4.29. The molecule has 2 N–H and O–H groups in total. The lowest BCUT2D eigenvalue weighted by molar-refractivity contribution is -0.117. The van der Waals surface area contributed by atoms with E-state index in [1.54, 1.807) is 19.1 Å². The van der Waals surface area contributed by atoms with Crippen LogP contribution in [0.2, 0.25) is 0 Å². The number of sulfonamides is 1. The summed E-state index contributed by atoms with van der Waals surface area (Å²) in [5.74, 6) is 0.146. The standard InChI is InChI=1S/C12H16N2O3S/c1-2-13-18(16,17)11-7-5-10(6-8-11)14-12(15)9-3-4-9/h5-9,13H,2-4H2,1H3,(H,14,15). The van der Waals surface area contributed by atoms with E-state index in [0.29, 0.717) is 12.2 Å². The molecule has 0 saturated heterocycles. The van der Waals surface area contributed by atoms with Gasteiger partial charge in [-0.1, -0.05) is 6.92 Å². The number of carbonyl (C=O) groups is 1. The third kappa shape index (κ3) is 3.08. The van der Waals surface area contributed by atoms with Crippen LogP contribution < -0.4 is 10.0 Å². The van der Waals surface area contributed by atoms with Crippen LogP contribution in [0.1, 0.15) is 19.8 Å². The van der Waals surface area contributed by atoms with Gasteiger partial charge in [0.05, 0.1) is 4.90 Å². The van der Waals surface area contributed by atoms with E-state index >= 15 is 0 Å². The normalized spacial score (nSPS) is 15.4. The minimum Gasteiger partial charge on any atom is -0.326 e. The van der Waals surface area contributed by atoms with Gasteiger partial charge in [-0.3, -0.25) is 4.79 Å². The van der Waals surface area contributed by atoms with Crippen LogP contribution in [0, 0.1) is 5.92 Å². The first-order valence-corrected chi connectivity index (χ1v) is 7.42. The van der Waals surface area contributed by atoms with Crippen LogP contribution in [-0.2, 0) is 14.8 Å². The zero-order valence-electron chi connectivity index (χ0n) is 10.1. The summed E-state index contributed by atoms with van der Waals surface area (Å²) in [5, 5.41) is 2.76. The first-order chi connectivity index (χ1) is 8.53. The molecule has 0 heterocycles. The van der Waals surface area contributed by atoms with E-state index in [0.717, 1.165) is 12.8 Å². The Morgan fingerprint density at radius 2 is 1.89 bits per heavy atom. The molecule has 2 rings (SSSR count). The minimum atomic E-state index is -3.42. The second-order valence-corrected chi connectivity index (χ2v) is 6.06. The summed E-state index contributed by atoms with van der Waals surface area (Å²) in [5.41, 5.74) is 0.627. The summed E-state index contributed by atoms with van der Waals surface area (Å²) in [6.45, 7) is 2.07. The average molecular weight is 268 g/mol. The van der Waals surface area contributed by atoms with Crippen molar-refractivity contribution in [3.8, 4) is 0 Å². The lowest BCUT2D eigenvalue weighted by Crippen LogP contribution is -2.23. The maximum absolute atomic E-state index is 11.7. The third-order valence-electron chi connectivity index (χ3n) is 2.71. The highest BCUT2D eigenvalue weighted by atomic mass is 32.2. The molecule has 0 radical (unpaired) electrons. The molecule has 1 fully saturated rings. The number of carbonyl (C=O) groups excluding carboxylic acids is 1. The summed E-state index contributed by atoms with van der Waals surface area (Å²) >= 11 is 0. The number of hydrogen-bond donors (Lipinski definition) is 2. The predicted molar refractivity (Wildman–Crippen MR) is 68.7 cm³/mol. The summed E-state index contributed by atoms with van der Waals surface area (Å²) < 4.78 is 25.8. The predicted octanol–water partition coefficient (Wildman–Crippen LogP) is 1.33. The Bertz CT molecular complexity index is 533. The van der Waals surface area contributed by atoms with Crippen LogP contribution in [0.25, 0.3) is 0 Å². The molecule has 0 atom stereocenters. The van der Waals surface area contributed by atoms with Crippen LogP contribution in [0.4, 0.5) is 5.69 Å². The Balaban J connectivity index is 2.07. The highest BCUT2D eigenvalue weighted by Gasteiger charge is 2.29. The Kier molecular flexibility index (Phi) is 3.68. The highest BCUT2D eigenvalue weighted by molar-refractivity contribution is 7.89. The number of nitrogens with one attached hydrogen (secondary N) is 2. The molecule has 0 aromatic heterocycles. The molecule has 6 heteroatoms. The van der Waals surface area contributed by atoms with E-state index in [4.69, 9.17) is 0 Å². The van der Waals surface area contributed by atoms with Crippen molar-refractivity contribution < 1.29 is 13.2 Å². The third-order valence-corrected chi connectivity index (χ3v) is 4.28. The van der Waals surface area contributed by atoms with Crippen LogP contribution >= 0.6 is 0 Å². The minimum absolute atomic E-state index is 0.0114. The van der Waals surface area contributed by atoms with Gasteiger partial charge in [0.1, 0.15) is 0 Å². The first-order valence-electron chi connectivity index (χ1n) is 5.93. The Hall–Kier alpha value is -1.40. The summed E-state index contributed by atoms with van der Waals surface area (Å²) in [6.07, 6.45) is 1.89. The molecule has 1 aromatic carbocycles. The smallest absolute Gasteiger partial charge is 0.240 e. The van der Waals surface area contributed by atoms with Gasteiger partial charge in [0.25, 0.3) is 0 Å². The molecule has 1 aliphatic carbocycles. The van der Waals surface area contributed by atoms with Crippen LogP contribution in [0.3, 0.4) is 0 Å². The maximum Gasteiger partial charge on any atom is 0.240 e. The molecule has 98 valence electrons. The Morgan fingerprint density at radius 1 is 1.28 bits per heavy atom. The largest absolute Gasteiger partial charge is 0.326 e. The number of anilines is 1. The van der Waals surface area contributed by atoms with Gasteiger partial charge in [0, 0.05) is 18.2 Å². The van der Waals surface area contributed by atoms with Crippen molar-refractivity contribution in [2.24, 2.45) is 5.92 Å². The van der Waals surface area contributed by atoms with E-state index in [9.17, 15) is 13.2 Å². The summed E-state index contributed by atoms with van der Waals surface area (Å²) in [7, 11) is -3.42. The topological polar surface area (TPSA) is 75.3 Å². The molecule has 18 heavy (non-hydrogen) atoms. The fourth-order valence-corrected chi connectivity index (χ4v) is 2.62. The molecule has 5 nitrogen and oxygen atoms in total. The molecular formula is C12H16N2O3S. The molecule has 0 aliphatic heterocycles. The SMILES string of the molecule is CCNS(=O)(=O)c1ccc(NC(=O)C2CC2)cc1. The van der Waals surface area contributed by atoms with Crippen molar-refractivity contribution in [1.82, 2.24) is 4.72 Å². The van der Waals surface area contributed by atoms with Crippen LogP contribution in [-0.4, -0.2) is 20.9 Å². The highest BCUT2D eigenvalue weighted by Crippen LogP contribution is 2.30. The van der Waals surface area contributed by atoms with E-state index < -0.39 is 10.0 Å². The maximum atomic E-state index is 11.7. The summed E-state index contributed by atoms with van der Waals surface area (Å²) in [4.78, 5) is 11.7. The van der Waals surface area contributed by atoms with Crippen molar-refractivity contribution in [3.05, 3.63) is 24.3 Å². The molecule has 0 unspecified atom stereocenters. The van der Waals surface area contributed by atoms with Gasteiger partial charge in [-0.05, 0) is 37.1 Å². The van der Waals surface area contributed by atoms with Gasteiger partial charge < -0.3 is 5.32 Å². The quantitative estimate of drug-likeness (QED) is 0.846. The number of hydrogen-bond acceptors (Lipinski definition) is 3. The van der Waals surface area contributed by atoms with Crippen molar-refractivity contribution in [2.75, 3.05) is 11.9 Å². The Morgan fingerprint density at radius 3 is 2.39 bits per heavy atom. The first kappa shape index (κ1) is 13.0. The van der Waals surface area contributed by atoms with Gasteiger partial charge in [-0.15, -0.1) is 0 Å². The number of benzene rings is 1. The number of rotatable bonds is 5. The van der Waals surface area contributed by atoms with Gasteiger partial charge in [-0.25, -0.2) is 13.1 Å². The summed E-state index contributed by atoms with van der Waals surface area (Å²) in [6, 6.07) is 6.18. The fraction of sp³-hybridized carbons (Fsp3) is 0.417. The zero-order chi connectivity index (χ0) is 13.2. The molecule has 1 saturated carbocycles. The lowest BCUT2D eigenvalue weighted by atomic mass is 10.3. The Labute approximate surface area is 107 Å². The molecule has 1 amide bonds. The van der Waals surface area contributed by atoms with Crippen molar-refractivity contribution in [3.63, 3.8) is 0 Å². The molecular weight excluding hydrogens is 252 g/mol. The lowest BCUT2D eigenvalue weighted by Gasteiger charge is -2.07. The van der Waals surface area contributed by atoms with E-state index in [1.165, 1.54) is 12.1 Å². The molecule has 0 spiro atoms. The van der Waals surface area contributed by atoms with Gasteiger partial charge in [0.15, 0.2) is 0 Å². The molecule has 1 aromatic rings. The van der Waals surface area contributed by atoms with Crippen molar-refractivity contribution >= 4 is 21.6 Å². The van der Waals surface area contributed by atoms with E-state index in [-0.39, 0.29) is 16.7 Å². The van der Waals surface area contributed by atoms with Gasteiger partial charge >= 0.3 is 0 Å².